The summed E-state index contributed by atoms with van der Waals surface area (Å²) in [5.41, 5.74) is 1.65. The van der Waals surface area contributed by atoms with Crippen LogP contribution in [0.5, 0.6) is 0 Å². The Morgan fingerprint density at radius 1 is 1.26 bits per heavy atom. The predicted octanol–water partition coefficient (Wildman–Crippen LogP) is 1.88. The van der Waals surface area contributed by atoms with Gasteiger partial charge >= 0.3 is 0 Å². The van der Waals surface area contributed by atoms with Crippen molar-refractivity contribution in [3.8, 4) is 0 Å². The molecule has 1 fully saturated rings. The average Bonchev–Trinajstić information content (AvgIpc) is 2.84. The normalized spacial score (nSPS) is 23.8. The highest BCUT2D eigenvalue weighted by atomic mass is 15.3. The zero-order chi connectivity index (χ0) is 13.4. The van der Waals surface area contributed by atoms with Crippen molar-refractivity contribution in [3.63, 3.8) is 0 Å². The lowest BCUT2D eigenvalue weighted by atomic mass is 9.92. The van der Waals surface area contributed by atoms with Gasteiger partial charge in [0.05, 0.1) is 6.33 Å². The number of piperidine rings is 1. The van der Waals surface area contributed by atoms with E-state index in [4.69, 9.17) is 0 Å². The van der Waals surface area contributed by atoms with Gasteiger partial charge in [-0.3, -0.25) is 0 Å². The number of fused-ring (bicyclic) bond motifs is 1. The molecule has 1 aliphatic rings. The number of nitrogens with zero attached hydrogens (tertiary/aromatic N) is 4. The van der Waals surface area contributed by atoms with Crippen LogP contribution in [0.3, 0.4) is 0 Å². The number of hydrogen-bond donors (Lipinski definition) is 2. The lowest BCUT2D eigenvalue weighted by molar-refractivity contribution is 0.356. The van der Waals surface area contributed by atoms with Gasteiger partial charge < -0.3 is 15.2 Å². The summed E-state index contributed by atoms with van der Waals surface area (Å²) in [5, 5.41) is 3.01. The predicted molar refractivity (Wildman–Crippen MR) is 76.4 cm³/mol. The Kier molecular flexibility index (Phi) is 3.00. The number of nitrogens with one attached hydrogen (secondary N) is 2. The van der Waals surface area contributed by atoms with Crippen LogP contribution < -0.4 is 10.2 Å². The Morgan fingerprint density at radius 2 is 2.00 bits per heavy atom. The minimum Gasteiger partial charge on any atom is -0.357 e. The van der Waals surface area contributed by atoms with E-state index in [1.165, 1.54) is 6.42 Å². The molecule has 1 aliphatic heterocycles. The fourth-order valence-corrected chi connectivity index (χ4v) is 2.99. The summed E-state index contributed by atoms with van der Waals surface area (Å²) in [6, 6.07) is 0. The zero-order valence-electron chi connectivity index (χ0n) is 11.6. The van der Waals surface area contributed by atoms with Gasteiger partial charge in [0, 0.05) is 20.1 Å². The Hall–Kier alpha value is -1.85. The molecule has 0 aliphatic carbocycles. The molecule has 0 saturated carbocycles. The summed E-state index contributed by atoms with van der Waals surface area (Å²) < 4.78 is 0. The molecule has 0 spiro atoms. The molecule has 0 radical (unpaired) electrons. The number of H-pyrrole nitrogens is 1. The molecule has 2 aromatic rings. The third-order valence-corrected chi connectivity index (χ3v) is 3.66. The van der Waals surface area contributed by atoms with Crippen LogP contribution >= 0.6 is 0 Å². The van der Waals surface area contributed by atoms with Crippen LogP contribution in [-0.4, -0.2) is 40.1 Å². The Balaban J connectivity index is 2.05. The van der Waals surface area contributed by atoms with Gasteiger partial charge in [-0.15, -0.1) is 0 Å². The number of hydrogen-bond acceptors (Lipinski definition) is 5. The van der Waals surface area contributed by atoms with Crippen LogP contribution in [0.1, 0.15) is 20.3 Å². The second kappa shape index (κ2) is 4.68. The van der Waals surface area contributed by atoms with Crippen LogP contribution in [-0.2, 0) is 0 Å². The lowest BCUT2D eigenvalue weighted by Gasteiger charge is -2.35. The van der Waals surface area contributed by atoms with Crippen molar-refractivity contribution < 1.29 is 0 Å². The van der Waals surface area contributed by atoms with Crippen molar-refractivity contribution in [1.82, 2.24) is 19.9 Å². The van der Waals surface area contributed by atoms with Crippen molar-refractivity contribution >= 4 is 22.9 Å². The molecule has 0 aromatic carbocycles. The summed E-state index contributed by atoms with van der Waals surface area (Å²) in [6.45, 7) is 6.68. The van der Waals surface area contributed by atoms with E-state index in [2.05, 4.69) is 44.0 Å². The van der Waals surface area contributed by atoms with Crippen LogP contribution in [0.15, 0.2) is 6.33 Å². The molecule has 0 amide bonds. The Labute approximate surface area is 112 Å². The van der Waals surface area contributed by atoms with Crippen LogP contribution in [0.2, 0.25) is 0 Å². The van der Waals surface area contributed by atoms with Gasteiger partial charge in [-0.1, -0.05) is 13.8 Å². The van der Waals surface area contributed by atoms with Crippen LogP contribution in [0, 0.1) is 11.8 Å². The monoisotopic (exact) mass is 260 g/mol. The van der Waals surface area contributed by atoms with Gasteiger partial charge in [0.2, 0.25) is 5.95 Å². The number of rotatable bonds is 2. The quantitative estimate of drug-likeness (QED) is 0.862. The summed E-state index contributed by atoms with van der Waals surface area (Å²) in [4.78, 5) is 18.7. The molecule has 6 heteroatoms. The van der Waals surface area contributed by atoms with Crippen LogP contribution in [0.25, 0.3) is 11.2 Å². The molecule has 6 nitrogen and oxygen atoms in total. The van der Waals surface area contributed by atoms with Crippen molar-refractivity contribution in [1.29, 1.82) is 0 Å². The third-order valence-electron chi connectivity index (χ3n) is 3.66. The molecule has 102 valence electrons. The largest absolute Gasteiger partial charge is 0.357 e. The van der Waals surface area contributed by atoms with E-state index in [-0.39, 0.29) is 0 Å². The van der Waals surface area contributed by atoms with E-state index in [1.807, 2.05) is 7.05 Å². The standard InChI is InChI=1S/C13H20N6/c1-8-4-9(2)6-19(5-8)12-10-11(16-7-15-10)17-13(14-3)18-12/h7-9H,4-6H2,1-3H3,(H2,14,15,16,17,18). The molecule has 3 heterocycles. The molecule has 3 rings (SSSR count). The van der Waals surface area contributed by atoms with E-state index in [0.717, 1.165) is 30.1 Å². The first kappa shape index (κ1) is 12.2. The lowest BCUT2D eigenvalue weighted by Crippen LogP contribution is -2.39. The number of imidazole rings is 1. The van der Waals surface area contributed by atoms with Gasteiger partial charge in [0.25, 0.3) is 0 Å². The summed E-state index contributed by atoms with van der Waals surface area (Å²) in [7, 11) is 1.83. The van der Waals surface area contributed by atoms with Crippen molar-refractivity contribution in [2.75, 3.05) is 30.4 Å². The molecule has 0 bridgehead atoms. The smallest absolute Gasteiger partial charge is 0.226 e. The molecule has 2 N–H and O–H groups in total. The maximum absolute atomic E-state index is 4.62. The van der Waals surface area contributed by atoms with Crippen molar-refractivity contribution in [2.24, 2.45) is 11.8 Å². The number of aromatic amines is 1. The maximum atomic E-state index is 4.62. The van der Waals surface area contributed by atoms with Gasteiger partial charge in [-0.25, -0.2) is 4.98 Å². The first-order valence-corrected chi connectivity index (χ1v) is 6.81. The Morgan fingerprint density at radius 3 is 2.68 bits per heavy atom. The molecule has 2 unspecified atom stereocenters. The summed E-state index contributed by atoms with van der Waals surface area (Å²) in [5.74, 6) is 2.97. The zero-order valence-corrected chi connectivity index (χ0v) is 11.6. The third kappa shape index (κ3) is 2.22. The van der Waals surface area contributed by atoms with Gasteiger partial charge in [0.1, 0.15) is 5.52 Å². The van der Waals surface area contributed by atoms with E-state index < -0.39 is 0 Å². The molecule has 19 heavy (non-hydrogen) atoms. The van der Waals surface area contributed by atoms with Crippen molar-refractivity contribution in [3.05, 3.63) is 6.33 Å². The van der Waals surface area contributed by atoms with E-state index in [1.54, 1.807) is 6.33 Å². The molecule has 2 aromatic heterocycles. The first-order chi connectivity index (χ1) is 9.17. The number of aromatic nitrogens is 4. The number of anilines is 2. The van der Waals surface area contributed by atoms with E-state index >= 15 is 0 Å². The minimum absolute atomic E-state index is 0.625. The van der Waals surface area contributed by atoms with E-state index in [9.17, 15) is 0 Å². The maximum Gasteiger partial charge on any atom is 0.226 e. The highest BCUT2D eigenvalue weighted by Crippen LogP contribution is 2.29. The molecule has 2 atom stereocenters. The second-order valence-electron chi connectivity index (χ2n) is 5.57. The van der Waals surface area contributed by atoms with Gasteiger partial charge in [-0.05, 0) is 18.3 Å². The fourth-order valence-electron chi connectivity index (χ4n) is 2.99. The first-order valence-electron chi connectivity index (χ1n) is 6.81. The highest BCUT2D eigenvalue weighted by Gasteiger charge is 2.25. The molecular formula is C13H20N6. The second-order valence-corrected chi connectivity index (χ2v) is 5.57. The van der Waals surface area contributed by atoms with Crippen molar-refractivity contribution in [2.45, 2.75) is 20.3 Å². The van der Waals surface area contributed by atoms with Crippen LogP contribution in [0.4, 0.5) is 11.8 Å². The minimum atomic E-state index is 0.625. The SMILES string of the molecule is CNc1nc(N2CC(C)CC(C)C2)c2[nH]cnc2n1. The molecular weight excluding hydrogens is 240 g/mol. The average molecular weight is 260 g/mol. The fraction of sp³-hybridized carbons (Fsp3) is 0.615. The summed E-state index contributed by atoms with van der Waals surface area (Å²) >= 11 is 0. The molecule has 1 saturated heterocycles. The topological polar surface area (TPSA) is 69.7 Å². The summed E-state index contributed by atoms with van der Waals surface area (Å²) in [6.07, 6.45) is 2.96. The Bertz CT molecular complexity index is 568. The highest BCUT2D eigenvalue weighted by molar-refractivity contribution is 5.84. The van der Waals surface area contributed by atoms with Gasteiger partial charge in [0.15, 0.2) is 11.5 Å². The van der Waals surface area contributed by atoms with E-state index in [0.29, 0.717) is 17.8 Å². The van der Waals surface area contributed by atoms with Gasteiger partial charge in [-0.2, -0.15) is 9.97 Å².